The van der Waals surface area contributed by atoms with Crippen LogP contribution >= 0.6 is 0 Å². The first-order chi connectivity index (χ1) is 19.6. The Morgan fingerprint density at radius 1 is 0.900 bits per heavy atom. The zero-order valence-electron chi connectivity index (χ0n) is 21.8. The number of likely N-dealkylation sites (tertiary alicyclic amines) is 1. The summed E-state index contributed by atoms with van der Waals surface area (Å²) in [5.41, 5.74) is 6.00. The van der Waals surface area contributed by atoms with Gasteiger partial charge in [-0.2, -0.15) is 5.10 Å². The number of amides is 3. The molecule has 3 amide bonds. The number of fused-ring (bicyclic) bond motifs is 2. The van der Waals surface area contributed by atoms with Crippen LogP contribution in [0.3, 0.4) is 0 Å². The molecule has 7 rings (SSSR count). The molecule has 0 bridgehead atoms. The van der Waals surface area contributed by atoms with Crippen LogP contribution in [0, 0.1) is 0 Å². The van der Waals surface area contributed by atoms with Crippen LogP contribution < -0.4 is 5.32 Å². The Balaban J connectivity index is 1.20. The van der Waals surface area contributed by atoms with Gasteiger partial charge in [0.05, 0.1) is 30.8 Å². The fourth-order valence-electron chi connectivity index (χ4n) is 5.46. The molecule has 5 aromatic rings. The number of rotatable bonds is 4. The van der Waals surface area contributed by atoms with Crippen molar-refractivity contribution in [3.05, 3.63) is 60.6 Å². The molecule has 0 saturated carbocycles. The van der Waals surface area contributed by atoms with E-state index in [1.807, 2.05) is 41.3 Å². The van der Waals surface area contributed by atoms with Gasteiger partial charge >= 0.3 is 6.03 Å². The van der Waals surface area contributed by atoms with Gasteiger partial charge in [0.15, 0.2) is 5.65 Å². The molecular weight excluding hydrogens is 508 g/mol. The summed E-state index contributed by atoms with van der Waals surface area (Å²) in [6, 6.07) is 11.5. The third-order valence-corrected chi connectivity index (χ3v) is 7.58. The van der Waals surface area contributed by atoms with Crippen molar-refractivity contribution in [2.75, 3.05) is 44.7 Å². The van der Waals surface area contributed by atoms with Gasteiger partial charge in [-0.25, -0.2) is 9.78 Å². The Hall–Kier alpha value is -4.77. The van der Waals surface area contributed by atoms with Crippen LogP contribution in [0.5, 0.6) is 0 Å². The number of morpholine rings is 1. The van der Waals surface area contributed by atoms with Crippen molar-refractivity contribution in [3.8, 4) is 22.5 Å². The number of nitrogens with one attached hydrogen (secondary N) is 3. The summed E-state index contributed by atoms with van der Waals surface area (Å²) < 4.78 is 5.33. The molecule has 0 unspecified atom stereocenters. The molecule has 202 valence electrons. The van der Waals surface area contributed by atoms with Crippen molar-refractivity contribution < 1.29 is 14.3 Å². The number of H-pyrrole nitrogens is 2. The molecule has 3 N–H and O–H groups in total. The summed E-state index contributed by atoms with van der Waals surface area (Å²) >= 11 is 0. The van der Waals surface area contributed by atoms with Gasteiger partial charge in [-0.3, -0.25) is 14.9 Å². The van der Waals surface area contributed by atoms with Crippen LogP contribution in [0.2, 0.25) is 0 Å². The topological polar surface area (TPSA) is 132 Å². The lowest BCUT2D eigenvalue weighted by atomic mass is 10.1. The molecular formula is C29H28N8O3. The normalized spacial score (nSPS) is 15.7. The number of carbonyl (C=O) groups is 2. The molecule has 2 aliphatic rings. The number of hydrogen-bond acceptors (Lipinski definition) is 6. The van der Waals surface area contributed by atoms with E-state index in [9.17, 15) is 9.59 Å². The second kappa shape index (κ2) is 10.1. The summed E-state index contributed by atoms with van der Waals surface area (Å²) in [4.78, 5) is 41.9. The van der Waals surface area contributed by atoms with Crippen LogP contribution in [-0.2, 0) is 4.74 Å². The number of anilines is 1. The largest absolute Gasteiger partial charge is 0.378 e. The number of benzene rings is 1. The third-order valence-electron chi connectivity index (χ3n) is 7.58. The number of aromatic amines is 2. The average molecular weight is 537 g/mol. The van der Waals surface area contributed by atoms with Crippen LogP contribution in [-0.4, -0.2) is 86.3 Å². The second-order valence-electron chi connectivity index (χ2n) is 10.1. The smallest absolute Gasteiger partial charge is 0.322 e. The molecule has 4 aromatic heterocycles. The number of pyridine rings is 2. The number of carbonyl (C=O) groups excluding carboxylic acids is 2. The van der Waals surface area contributed by atoms with Crippen LogP contribution in [0.4, 0.5) is 10.5 Å². The predicted octanol–water partition coefficient (Wildman–Crippen LogP) is 4.27. The van der Waals surface area contributed by atoms with Crippen molar-refractivity contribution in [2.45, 2.75) is 12.8 Å². The maximum Gasteiger partial charge on any atom is 0.322 e. The summed E-state index contributed by atoms with van der Waals surface area (Å²) in [6.45, 7) is 3.80. The Labute approximate surface area is 229 Å². The maximum absolute atomic E-state index is 13.2. The highest BCUT2D eigenvalue weighted by Gasteiger charge is 2.23. The lowest BCUT2D eigenvalue weighted by molar-refractivity contribution is 0.0564. The lowest BCUT2D eigenvalue weighted by Crippen LogP contribution is -2.43. The van der Waals surface area contributed by atoms with Crippen molar-refractivity contribution in [1.29, 1.82) is 0 Å². The Morgan fingerprint density at radius 3 is 2.58 bits per heavy atom. The van der Waals surface area contributed by atoms with E-state index < -0.39 is 0 Å². The highest BCUT2D eigenvalue weighted by molar-refractivity contribution is 6.08. The molecule has 40 heavy (non-hydrogen) atoms. The van der Waals surface area contributed by atoms with Crippen molar-refractivity contribution in [1.82, 2.24) is 34.9 Å². The molecule has 2 fully saturated rings. The Morgan fingerprint density at radius 2 is 1.73 bits per heavy atom. The minimum Gasteiger partial charge on any atom is -0.378 e. The van der Waals surface area contributed by atoms with E-state index in [0.29, 0.717) is 48.9 Å². The van der Waals surface area contributed by atoms with E-state index in [2.05, 4.69) is 30.5 Å². The monoisotopic (exact) mass is 536 g/mol. The van der Waals surface area contributed by atoms with Crippen LogP contribution in [0.15, 0.2) is 55.0 Å². The van der Waals surface area contributed by atoms with Crippen LogP contribution in [0.1, 0.15) is 23.2 Å². The minimum atomic E-state index is -0.172. The molecule has 11 heteroatoms. The van der Waals surface area contributed by atoms with Gasteiger partial charge in [0.2, 0.25) is 0 Å². The van der Waals surface area contributed by atoms with Gasteiger partial charge in [-0.1, -0.05) is 6.07 Å². The molecule has 0 spiro atoms. The molecule has 11 nitrogen and oxygen atoms in total. The van der Waals surface area contributed by atoms with Gasteiger partial charge in [0.1, 0.15) is 5.69 Å². The number of ether oxygens (including phenoxy) is 1. The molecule has 0 radical (unpaired) electrons. The van der Waals surface area contributed by atoms with Crippen molar-refractivity contribution in [2.24, 2.45) is 0 Å². The van der Waals surface area contributed by atoms with Gasteiger partial charge in [0.25, 0.3) is 5.91 Å². The zero-order chi connectivity index (χ0) is 27.1. The first kappa shape index (κ1) is 24.3. The summed E-state index contributed by atoms with van der Waals surface area (Å²) in [5, 5.41) is 12.2. The third kappa shape index (κ3) is 4.43. The van der Waals surface area contributed by atoms with E-state index >= 15 is 0 Å². The maximum atomic E-state index is 13.2. The molecule has 2 saturated heterocycles. The van der Waals surface area contributed by atoms with E-state index in [0.717, 1.165) is 59.0 Å². The SMILES string of the molecule is O=C(Nc1cncc(-c2cnc3[nH]nc(-c4cc5c(C(=O)N6CCCC6)cccc5[nH]4)c3c2)c1)N1CCOCC1. The standard InChI is InChI=1S/C29H28N8O3/c38-28(36-6-1-2-7-36)21-4-3-5-24-22(21)14-25(33-24)26-23-13-19(16-31-27(23)35-34-26)18-12-20(17-30-15-18)32-29(39)37-8-10-40-11-9-37/h3-5,12-17,33H,1-2,6-11H2,(H,32,39)(H,31,34,35). The predicted molar refractivity (Wildman–Crippen MR) is 151 cm³/mol. The van der Waals surface area contributed by atoms with Gasteiger partial charge in [-0.15, -0.1) is 0 Å². The number of nitrogens with zero attached hydrogens (tertiary/aromatic N) is 5. The average Bonchev–Trinajstić information content (AvgIpc) is 3.76. The second-order valence-corrected chi connectivity index (χ2v) is 10.1. The molecule has 6 heterocycles. The molecule has 1 aromatic carbocycles. The van der Waals surface area contributed by atoms with Gasteiger partial charge < -0.3 is 24.8 Å². The van der Waals surface area contributed by atoms with Crippen molar-refractivity contribution in [3.63, 3.8) is 0 Å². The Kier molecular flexibility index (Phi) is 6.12. The summed E-state index contributed by atoms with van der Waals surface area (Å²) in [5.74, 6) is 0.0672. The van der Waals surface area contributed by atoms with E-state index in [4.69, 9.17) is 4.74 Å². The van der Waals surface area contributed by atoms with Crippen molar-refractivity contribution >= 4 is 39.6 Å². The fourth-order valence-corrected chi connectivity index (χ4v) is 5.46. The van der Waals surface area contributed by atoms with E-state index in [1.54, 1.807) is 23.5 Å². The molecule has 2 aliphatic heterocycles. The summed E-state index contributed by atoms with van der Waals surface area (Å²) in [7, 11) is 0. The first-order valence-corrected chi connectivity index (χ1v) is 13.5. The molecule has 0 aliphatic carbocycles. The Bertz CT molecular complexity index is 1730. The number of hydrogen-bond donors (Lipinski definition) is 3. The number of urea groups is 1. The molecule has 0 atom stereocenters. The summed E-state index contributed by atoms with van der Waals surface area (Å²) in [6.07, 6.45) is 7.22. The highest BCUT2D eigenvalue weighted by atomic mass is 16.5. The van der Waals surface area contributed by atoms with Gasteiger partial charge in [0, 0.05) is 71.6 Å². The lowest BCUT2D eigenvalue weighted by Gasteiger charge is -2.26. The zero-order valence-corrected chi connectivity index (χ0v) is 21.8. The highest BCUT2D eigenvalue weighted by Crippen LogP contribution is 2.32. The minimum absolute atomic E-state index is 0.0672. The first-order valence-electron chi connectivity index (χ1n) is 13.5. The quantitative estimate of drug-likeness (QED) is 0.314. The van der Waals surface area contributed by atoms with E-state index in [1.165, 1.54) is 0 Å². The van der Waals surface area contributed by atoms with Crippen LogP contribution in [0.25, 0.3) is 44.5 Å². The van der Waals surface area contributed by atoms with Gasteiger partial charge in [-0.05, 0) is 43.2 Å². The fraction of sp³-hybridized carbons (Fsp3) is 0.276. The number of aromatic nitrogens is 5. The van der Waals surface area contributed by atoms with E-state index in [-0.39, 0.29) is 11.9 Å².